The zero-order valence-electron chi connectivity index (χ0n) is 13.4. The second-order valence-electron chi connectivity index (χ2n) is 4.91. The zero-order valence-corrected chi connectivity index (χ0v) is 11.2. The van der Waals surface area contributed by atoms with Gasteiger partial charge in [-0.25, -0.2) is 0 Å². The highest BCUT2D eigenvalue weighted by Crippen LogP contribution is 2.38. The van der Waals surface area contributed by atoms with Crippen LogP contribution in [0.15, 0.2) is 36.9 Å². The Hall–Kier alpha value is -2.27. The smallest absolute Gasteiger partial charge is 0.272 e. The molecular weight excluding hydrogens is 268 g/mol. The number of hydrogen-bond acceptors (Lipinski definition) is 3. The Kier molecular flexibility index (Phi) is 1.39. The highest BCUT2D eigenvalue weighted by atomic mass is 32.1. The van der Waals surface area contributed by atoms with Crippen molar-refractivity contribution in [1.29, 1.82) is 0 Å². The number of pyridine rings is 2. The molecule has 0 radical (unpaired) electrons. The Labute approximate surface area is 123 Å². The van der Waals surface area contributed by atoms with Crippen LogP contribution in [0.4, 0.5) is 0 Å². The van der Waals surface area contributed by atoms with E-state index in [0.717, 1.165) is 26.3 Å². The molecule has 0 unspecified atom stereocenters. The van der Waals surface area contributed by atoms with E-state index < -0.39 is 6.98 Å². The lowest BCUT2D eigenvalue weighted by atomic mass is 10.2. The van der Waals surface area contributed by atoms with Crippen LogP contribution in [0.1, 0.15) is 9.68 Å². The first-order valence-electron chi connectivity index (χ1n) is 7.80. The van der Waals surface area contributed by atoms with Crippen LogP contribution in [-0.2, 0) is 13.5 Å². The van der Waals surface area contributed by atoms with Gasteiger partial charge >= 0.3 is 0 Å². The molecule has 5 heterocycles. The molecule has 0 aromatic carbocycles. The van der Waals surface area contributed by atoms with Crippen LogP contribution in [0.25, 0.3) is 31.8 Å². The van der Waals surface area contributed by atoms with E-state index in [1.165, 1.54) is 21.5 Å². The minimum Gasteiger partial charge on any atom is -0.330 e. The zero-order chi connectivity index (χ0) is 15.8. The Morgan fingerprint density at radius 1 is 1.30 bits per heavy atom. The second-order valence-corrected chi connectivity index (χ2v) is 5.89. The van der Waals surface area contributed by atoms with Crippen molar-refractivity contribution in [2.45, 2.75) is 6.54 Å². The van der Waals surface area contributed by atoms with Crippen molar-refractivity contribution in [2.24, 2.45) is 6.98 Å². The summed E-state index contributed by atoms with van der Waals surface area (Å²) in [5.41, 5.74) is 3.95. The Bertz CT molecular complexity index is 1090. The molecule has 0 saturated carbocycles. The minimum absolute atomic E-state index is 0.700. The Morgan fingerprint density at radius 2 is 2.20 bits per heavy atom. The van der Waals surface area contributed by atoms with E-state index in [4.69, 9.17) is 4.11 Å². The topological polar surface area (TPSA) is 34.6 Å². The molecular formula is C15H11N4S+. The monoisotopic (exact) mass is 282 g/mol. The molecule has 4 aromatic rings. The van der Waals surface area contributed by atoms with Crippen LogP contribution in [0.3, 0.4) is 0 Å². The van der Waals surface area contributed by atoms with Crippen molar-refractivity contribution in [3.05, 3.63) is 42.5 Å². The van der Waals surface area contributed by atoms with Crippen LogP contribution < -0.4 is 4.57 Å². The molecule has 5 heteroatoms. The van der Waals surface area contributed by atoms with Gasteiger partial charge in [0.2, 0.25) is 0 Å². The second kappa shape index (κ2) is 3.43. The van der Waals surface area contributed by atoms with E-state index in [1.54, 1.807) is 24.7 Å². The third kappa shape index (κ3) is 1.10. The fourth-order valence-corrected chi connectivity index (χ4v) is 4.25. The average Bonchev–Trinajstić information content (AvgIpc) is 3.12. The number of rotatable bonds is 0. The molecule has 0 amide bonds. The average molecular weight is 282 g/mol. The van der Waals surface area contributed by atoms with Crippen LogP contribution in [-0.4, -0.2) is 14.5 Å². The van der Waals surface area contributed by atoms with Crippen molar-refractivity contribution >= 4 is 32.6 Å². The molecule has 4 aromatic heterocycles. The standard InChI is InChI=1S/C15H11N4S/c1-18-12-3-5-17-7-11(12)13-15(18)20-14-10-2-4-16-6-9(10)8-19(13)14/h2-7H,8H2,1H3/q+1/i1D3. The van der Waals surface area contributed by atoms with Gasteiger partial charge in [-0.2, -0.15) is 4.57 Å². The minimum atomic E-state index is -2.22. The van der Waals surface area contributed by atoms with Gasteiger partial charge in [0.05, 0.1) is 16.5 Å². The number of aromatic nitrogens is 4. The first-order valence-corrected chi connectivity index (χ1v) is 7.12. The van der Waals surface area contributed by atoms with Crippen molar-refractivity contribution in [3.63, 3.8) is 0 Å². The molecule has 0 aliphatic carbocycles. The van der Waals surface area contributed by atoms with Crippen LogP contribution >= 0.6 is 11.3 Å². The van der Waals surface area contributed by atoms with E-state index in [0.29, 0.717) is 12.1 Å². The number of aryl methyl sites for hydroxylation is 1. The molecule has 5 rings (SSSR count). The van der Waals surface area contributed by atoms with E-state index in [2.05, 4.69) is 14.5 Å². The van der Waals surface area contributed by atoms with Gasteiger partial charge in [-0.15, -0.1) is 0 Å². The van der Waals surface area contributed by atoms with Gasteiger partial charge in [0, 0.05) is 41.4 Å². The van der Waals surface area contributed by atoms with Crippen LogP contribution in [0, 0.1) is 0 Å². The van der Waals surface area contributed by atoms with Gasteiger partial charge in [0.1, 0.15) is 0 Å². The summed E-state index contributed by atoms with van der Waals surface area (Å²) in [6.07, 6.45) is 7.04. The summed E-state index contributed by atoms with van der Waals surface area (Å²) in [5, 5.41) is 1.96. The molecule has 0 N–H and O–H groups in total. The Morgan fingerprint density at radius 3 is 3.15 bits per heavy atom. The maximum absolute atomic E-state index is 7.92. The van der Waals surface area contributed by atoms with E-state index >= 15 is 0 Å². The summed E-state index contributed by atoms with van der Waals surface area (Å²) in [7, 11) is 0. The lowest BCUT2D eigenvalue weighted by Crippen LogP contribution is -2.30. The quantitative estimate of drug-likeness (QED) is 0.409. The van der Waals surface area contributed by atoms with Crippen molar-refractivity contribution < 1.29 is 8.68 Å². The largest absolute Gasteiger partial charge is 0.330 e. The van der Waals surface area contributed by atoms with Gasteiger partial charge in [-0.1, -0.05) is 0 Å². The third-order valence-electron chi connectivity index (χ3n) is 3.87. The van der Waals surface area contributed by atoms with Crippen LogP contribution in [0.2, 0.25) is 0 Å². The molecule has 0 spiro atoms. The van der Waals surface area contributed by atoms with E-state index in [9.17, 15) is 0 Å². The van der Waals surface area contributed by atoms with Crippen LogP contribution in [0.5, 0.6) is 0 Å². The highest BCUT2D eigenvalue weighted by molar-refractivity contribution is 7.21. The van der Waals surface area contributed by atoms with Gasteiger partial charge < -0.3 is 4.57 Å². The van der Waals surface area contributed by atoms with E-state index in [1.807, 2.05) is 12.3 Å². The van der Waals surface area contributed by atoms with E-state index in [-0.39, 0.29) is 0 Å². The summed E-state index contributed by atoms with van der Waals surface area (Å²) < 4.78 is 27.4. The fourth-order valence-electron chi connectivity index (χ4n) is 2.98. The molecule has 1 aliphatic rings. The van der Waals surface area contributed by atoms with Gasteiger partial charge in [-0.3, -0.25) is 9.97 Å². The first kappa shape index (κ1) is 8.11. The molecule has 96 valence electrons. The molecule has 1 aliphatic heterocycles. The normalized spacial score (nSPS) is 15.9. The van der Waals surface area contributed by atoms with Gasteiger partial charge in [0.25, 0.3) is 10.5 Å². The maximum Gasteiger partial charge on any atom is 0.272 e. The molecule has 20 heavy (non-hydrogen) atoms. The summed E-state index contributed by atoms with van der Waals surface area (Å²) >= 11 is 1.52. The predicted molar refractivity (Wildman–Crippen MR) is 78.6 cm³/mol. The summed E-state index contributed by atoms with van der Waals surface area (Å²) in [6.45, 7) is -1.50. The van der Waals surface area contributed by atoms with Crippen molar-refractivity contribution in [3.8, 4) is 10.6 Å². The molecule has 0 saturated heterocycles. The molecule has 4 nitrogen and oxygen atoms in total. The highest BCUT2D eigenvalue weighted by Gasteiger charge is 2.34. The summed E-state index contributed by atoms with van der Waals surface area (Å²) in [6, 6.07) is 3.76. The fraction of sp³-hybridized carbons (Fsp3) is 0.133. The molecule has 0 fully saturated rings. The van der Waals surface area contributed by atoms with Gasteiger partial charge in [-0.05, 0) is 23.5 Å². The molecule has 0 atom stereocenters. The lowest BCUT2D eigenvalue weighted by molar-refractivity contribution is -0.641. The Balaban J connectivity index is 1.96. The van der Waals surface area contributed by atoms with Crippen molar-refractivity contribution in [1.82, 2.24) is 14.5 Å². The number of fused-ring (bicyclic) bond motifs is 7. The molecule has 0 bridgehead atoms. The lowest BCUT2D eigenvalue weighted by Gasteiger charge is -1.93. The maximum atomic E-state index is 7.92. The summed E-state index contributed by atoms with van der Waals surface area (Å²) in [4.78, 5) is 9.15. The predicted octanol–water partition coefficient (Wildman–Crippen LogP) is 2.50. The number of hydrogen-bond donors (Lipinski definition) is 0. The summed E-state index contributed by atoms with van der Waals surface area (Å²) in [5.74, 6) is 0. The van der Waals surface area contributed by atoms with Gasteiger partial charge in [0.15, 0.2) is 11.4 Å². The van der Waals surface area contributed by atoms with Crippen molar-refractivity contribution in [2.75, 3.05) is 0 Å². The number of thiazole rings is 1. The number of nitrogens with zero attached hydrogens (tertiary/aromatic N) is 4. The first-order chi connectivity index (χ1) is 11.1. The SMILES string of the molecule is [2H]C([2H])([2H])n1c2ccncc2c2c1sc1[n+]2Cc2cnccc2-1. The third-order valence-corrected chi connectivity index (χ3v) is 5.07.